The Morgan fingerprint density at radius 1 is 1.38 bits per heavy atom. The maximum atomic E-state index is 13.1. The molecule has 1 aliphatic heterocycles. The highest BCUT2D eigenvalue weighted by atomic mass is 35.5. The van der Waals surface area contributed by atoms with Gasteiger partial charge < -0.3 is 5.32 Å². The van der Waals surface area contributed by atoms with Crippen molar-refractivity contribution in [2.45, 2.75) is 31.7 Å². The molecule has 16 heavy (non-hydrogen) atoms. The highest BCUT2D eigenvalue weighted by Gasteiger charge is 2.25. The molecule has 0 amide bonds. The van der Waals surface area contributed by atoms with Gasteiger partial charge >= 0.3 is 0 Å². The monoisotopic (exact) mass is 247 g/mol. The first-order chi connectivity index (χ1) is 7.07. The van der Waals surface area contributed by atoms with Crippen LogP contribution < -0.4 is 5.32 Å². The summed E-state index contributed by atoms with van der Waals surface area (Å²) in [6.45, 7) is 1.92. The quantitative estimate of drug-likeness (QED) is 0.841. The van der Waals surface area contributed by atoms with E-state index in [4.69, 9.17) is 0 Å². The lowest BCUT2D eigenvalue weighted by molar-refractivity contribution is 0.0173. The zero-order valence-corrected chi connectivity index (χ0v) is 9.99. The van der Waals surface area contributed by atoms with Crippen LogP contribution in [-0.2, 0) is 5.92 Å². The van der Waals surface area contributed by atoms with Gasteiger partial charge in [-0.05, 0) is 31.0 Å². The van der Waals surface area contributed by atoms with Crippen LogP contribution in [0.3, 0.4) is 0 Å². The van der Waals surface area contributed by atoms with Crippen LogP contribution in [0.4, 0.5) is 8.78 Å². The first kappa shape index (κ1) is 13.4. The van der Waals surface area contributed by atoms with Gasteiger partial charge in [-0.15, -0.1) is 12.4 Å². The number of halogens is 3. The van der Waals surface area contributed by atoms with Crippen molar-refractivity contribution in [2.24, 2.45) is 0 Å². The number of rotatable bonds is 2. The number of alkyl halides is 2. The molecule has 0 aliphatic carbocycles. The van der Waals surface area contributed by atoms with E-state index in [1.165, 1.54) is 6.07 Å². The van der Waals surface area contributed by atoms with E-state index in [0.717, 1.165) is 31.9 Å². The van der Waals surface area contributed by atoms with Gasteiger partial charge in [-0.3, -0.25) is 0 Å². The molecule has 1 fully saturated rings. The second kappa shape index (κ2) is 5.11. The van der Waals surface area contributed by atoms with Gasteiger partial charge in [0.05, 0.1) is 0 Å². The molecule has 1 aromatic rings. The topological polar surface area (TPSA) is 12.0 Å². The van der Waals surface area contributed by atoms with E-state index >= 15 is 0 Å². The molecule has 1 aliphatic rings. The first-order valence-electron chi connectivity index (χ1n) is 5.29. The summed E-state index contributed by atoms with van der Waals surface area (Å²) in [6, 6.07) is 6.98. The maximum Gasteiger partial charge on any atom is 0.270 e. The van der Waals surface area contributed by atoms with E-state index in [1.807, 2.05) is 6.07 Å². The van der Waals surface area contributed by atoms with Crippen LogP contribution in [0.1, 0.15) is 36.9 Å². The van der Waals surface area contributed by atoms with Crippen molar-refractivity contribution in [1.82, 2.24) is 5.32 Å². The molecule has 0 bridgehead atoms. The molecule has 1 saturated heterocycles. The maximum absolute atomic E-state index is 13.1. The Hall–Kier alpha value is -0.670. The molecule has 1 aromatic carbocycles. The lowest BCUT2D eigenvalue weighted by atomic mass is 10.0. The smallest absolute Gasteiger partial charge is 0.270 e. The third kappa shape index (κ3) is 2.92. The number of benzene rings is 1. The fourth-order valence-corrected chi connectivity index (χ4v) is 2.00. The van der Waals surface area contributed by atoms with Crippen LogP contribution in [-0.4, -0.2) is 6.54 Å². The summed E-state index contributed by atoms with van der Waals surface area (Å²) < 4.78 is 26.2. The fourth-order valence-electron chi connectivity index (χ4n) is 2.00. The summed E-state index contributed by atoms with van der Waals surface area (Å²) in [4.78, 5) is 0. The Labute approximate surface area is 101 Å². The van der Waals surface area contributed by atoms with Crippen molar-refractivity contribution >= 4 is 12.4 Å². The predicted octanol–water partition coefficient (Wildman–Crippen LogP) is 3.64. The molecule has 1 N–H and O–H groups in total. The van der Waals surface area contributed by atoms with Crippen molar-refractivity contribution in [2.75, 3.05) is 6.54 Å². The van der Waals surface area contributed by atoms with Gasteiger partial charge in [0.15, 0.2) is 0 Å². The Bertz CT molecular complexity index is 343. The van der Waals surface area contributed by atoms with Gasteiger partial charge in [-0.1, -0.05) is 18.2 Å². The minimum absolute atomic E-state index is 0. The highest BCUT2D eigenvalue weighted by molar-refractivity contribution is 5.85. The van der Waals surface area contributed by atoms with Crippen molar-refractivity contribution < 1.29 is 8.78 Å². The Balaban J connectivity index is 0.00000128. The molecule has 1 heterocycles. The summed E-state index contributed by atoms with van der Waals surface area (Å²) in [5, 5.41) is 3.31. The zero-order chi connectivity index (χ0) is 10.9. The molecule has 1 nitrogen and oxygen atoms in total. The average Bonchev–Trinajstić information content (AvgIpc) is 2.69. The van der Waals surface area contributed by atoms with Gasteiger partial charge in [0.1, 0.15) is 0 Å². The van der Waals surface area contributed by atoms with Gasteiger partial charge in [-0.25, -0.2) is 8.78 Å². The summed E-state index contributed by atoms with van der Waals surface area (Å²) >= 11 is 0. The zero-order valence-electron chi connectivity index (χ0n) is 9.17. The molecular weight excluding hydrogens is 232 g/mol. The Morgan fingerprint density at radius 3 is 2.69 bits per heavy atom. The third-order valence-corrected chi connectivity index (χ3v) is 2.86. The van der Waals surface area contributed by atoms with Crippen molar-refractivity contribution in [1.29, 1.82) is 0 Å². The Kier molecular flexibility index (Phi) is 4.28. The molecule has 0 radical (unpaired) electrons. The summed E-state index contributed by atoms with van der Waals surface area (Å²) in [5.74, 6) is -2.74. The second-order valence-corrected chi connectivity index (χ2v) is 4.16. The van der Waals surface area contributed by atoms with Crippen LogP contribution >= 0.6 is 12.4 Å². The molecule has 0 aromatic heterocycles. The second-order valence-electron chi connectivity index (χ2n) is 4.16. The molecule has 90 valence electrons. The van der Waals surface area contributed by atoms with E-state index in [-0.39, 0.29) is 24.0 Å². The molecule has 1 unspecified atom stereocenters. The van der Waals surface area contributed by atoms with Gasteiger partial charge in [-0.2, -0.15) is 0 Å². The fraction of sp³-hybridized carbons (Fsp3) is 0.500. The van der Waals surface area contributed by atoms with Crippen LogP contribution in [0.25, 0.3) is 0 Å². The molecule has 2 rings (SSSR count). The lowest BCUT2D eigenvalue weighted by Crippen LogP contribution is -2.14. The van der Waals surface area contributed by atoms with Crippen molar-refractivity contribution in [3.63, 3.8) is 0 Å². The minimum atomic E-state index is -2.74. The van der Waals surface area contributed by atoms with E-state index < -0.39 is 5.92 Å². The van der Waals surface area contributed by atoms with Crippen LogP contribution in [0.15, 0.2) is 24.3 Å². The Morgan fingerprint density at radius 2 is 2.12 bits per heavy atom. The molecule has 1 atom stereocenters. The SMILES string of the molecule is CC(F)(F)c1cccc(C2CCCN2)c1.Cl. The first-order valence-corrected chi connectivity index (χ1v) is 5.29. The summed E-state index contributed by atoms with van der Waals surface area (Å²) in [6.07, 6.45) is 2.16. The lowest BCUT2D eigenvalue weighted by Gasteiger charge is -2.15. The largest absolute Gasteiger partial charge is 0.310 e. The standard InChI is InChI=1S/C12H15F2N.ClH/c1-12(13,14)10-5-2-4-9(8-10)11-6-3-7-15-11;/h2,4-5,8,11,15H,3,6-7H2,1H3;1H. The van der Waals surface area contributed by atoms with Gasteiger partial charge in [0.2, 0.25) is 0 Å². The highest BCUT2D eigenvalue weighted by Crippen LogP contribution is 2.30. The van der Waals surface area contributed by atoms with Crippen molar-refractivity contribution in [3.05, 3.63) is 35.4 Å². The number of hydrogen-bond acceptors (Lipinski definition) is 1. The summed E-state index contributed by atoms with van der Waals surface area (Å²) in [7, 11) is 0. The molecule has 0 spiro atoms. The average molecular weight is 248 g/mol. The molecule has 4 heteroatoms. The van der Waals surface area contributed by atoms with Crippen LogP contribution in [0, 0.1) is 0 Å². The van der Waals surface area contributed by atoms with E-state index in [0.29, 0.717) is 0 Å². The van der Waals surface area contributed by atoms with Crippen LogP contribution in [0.5, 0.6) is 0 Å². The molecular formula is C12H16ClF2N. The normalized spacial score (nSPS) is 20.6. The minimum Gasteiger partial charge on any atom is -0.310 e. The number of nitrogens with one attached hydrogen (secondary N) is 1. The number of hydrogen-bond donors (Lipinski definition) is 1. The molecule has 0 saturated carbocycles. The van der Waals surface area contributed by atoms with Crippen LogP contribution in [0.2, 0.25) is 0 Å². The predicted molar refractivity (Wildman–Crippen MR) is 63.2 cm³/mol. The van der Waals surface area contributed by atoms with Gasteiger partial charge in [0, 0.05) is 18.5 Å². The van der Waals surface area contributed by atoms with Gasteiger partial charge in [0.25, 0.3) is 5.92 Å². The van der Waals surface area contributed by atoms with Crippen molar-refractivity contribution in [3.8, 4) is 0 Å². The van der Waals surface area contributed by atoms with E-state index in [1.54, 1.807) is 12.1 Å². The summed E-state index contributed by atoms with van der Waals surface area (Å²) in [5.41, 5.74) is 1.08. The van der Waals surface area contributed by atoms with E-state index in [9.17, 15) is 8.78 Å². The third-order valence-electron chi connectivity index (χ3n) is 2.86. The van der Waals surface area contributed by atoms with E-state index in [2.05, 4.69) is 5.32 Å².